The molecule has 0 spiro atoms. The molecule has 0 aromatic heterocycles. The number of aliphatic hydroxyl groups excluding tert-OH is 1. The van der Waals surface area contributed by atoms with Crippen molar-refractivity contribution in [2.75, 3.05) is 5.75 Å². The fourth-order valence-electron chi connectivity index (χ4n) is 6.54. The van der Waals surface area contributed by atoms with Crippen LogP contribution in [0, 0.1) is 0 Å². The minimum Gasteiger partial charge on any atom is -0.387 e. The number of hydrogen-bond donors (Lipinski definition) is 3. The second kappa shape index (κ2) is 38.3. The smallest absolute Gasteiger partial charge is 0.267 e. The van der Waals surface area contributed by atoms with Crippen LogP contribution in [0.5, 0.6) is 0 Å². The van der Waals surface area contributed by atoms with Crippen LogP contribution in [-0.4, -0.2) is 41.9 Å². The van der Waals surface area contributed by atoms with E-state index in [2.05, 4.69) is 43.5 Å². The Labute approximate surface area is 316 Å². The molecule has 6 nitrogen and oxygen atoms in total. The number of unbranched alkanes of at least 4 members (excludes halogenated alkanes) is 27. The molecule has 2 atom stereocenters. The van der Waals surface area contributed by atoms with Crippen molar-refractivity contribution in [1.29, 1.82) is 0 Å². The first-order chi connectivity index (χ1) is 24.8. The Morgan fingerprint density at radius 1 is 0.510 bits per heavy atom. The van der Waals surface area contributed by atoms with Crippen LogP contribution in [0.3, 0.4) is 0 Å². The number of nitrogens with one attached hydrogen (secondary N) is 1. The minimum atomic E-state index is -4.36. The molecule has 0 rings (SSSR count). The topological polar surface area (TPSA) is 104 Å². The van der Waals surface area contributed by atoms with Crippen molar-refractivity contribution >= 4 is 16.0 Å². The summed E-state index contributed by atoms with van der Waals surface area (Å²) in [7, 11) is -4.36. The normalized spacial score (nSPS) is 13.6. The zero-order valence-electron chi connectivity index (χ0n) is 33.5. The first-order valence-corrected chi connectivity index (χ1v) is 23.3. The van der Waals surface area contributed by atoms with Crippen LogP contribution in [-0.2, 0) is 14.9 Å². The van der Waals surface area contributed by atoms with E-state index >= 15 is 0 Å². The van der Waals surface area contributed by atoms with E-state index in [0.29, 0.717) is 6.42 Å². The maximum absolute atomic E-state index is 12.5. The van der Waals surface area contributed by atoms with Crippen LogP contribution in [0.25, 0.3) is 0 Å². The molecule has 0 heterocycles. The maximum atomic E-state index is 12.5. The molecule has 51 heavy (non-hydrogen) atoms. The van der Waals surface area contributed by atoms with Crippen LogP contribution in [0.15, 0.2) is 36.5 Å². The van der Waals surface area contributed by atoms with E-state index in [-0.39, 0.29) is 12.3 Å². The number of amides is 1. The van der Waals surface area contributed by atoms with Crippen LogP contribution in [0.2, 0.25) is 0 Å². The molecule has 7 heteroatoms. The third-order valence-corrected chi connectivity index (χ3v) is 10.6. The molecule has 0 aromatic rings. The minimum absolute atomic E-state index is 0.288. The average Bonchev–Trinajstić information content (AvgIpc) is 3.09. The van der Waals surface area contributed by atoms with Crippen LogP contribution < -0.4 is 5.32 Å². The van der Waals surface area contributed by atoms with Gasteiger partial charge < -0.3 is 10.4 Å². The van der Waals surface area contributed by atoms with Gasteiger partial charge in [-0.2, -0.15) is 8.42 Å². The summed E-state index contributed by atoms with van der Waals surface area (Å²) >= 11 is 0. The maximum Gasteiger partial charge on any atom is 0.267 e. The van der Waals surface area contributed by atoms with E-state index in [1.807, 2.05) is 0 Å². The Kier molecular flexibility index (Phi) is 37.2. The van der Waals surface area contributed by atoms with E-state index in [1.165, 1.54) is 160 Å². The molecule has 0 saturated carbocycles. The Balaban J connectivity index is 3.93. The number of allylic oxidation sites excluding steroid dienone is 5. The van der Waals surface area contributed by atoms with Gasteiger partial charge in [-0.05, 0) is 44.9 Å². The monoisotopic (exact) mass is 738 g/mol. The molecule has 0 aliphatic heterocycles. The third-order valence-electron chi connectivity index (χ3n) is 9.80. The summed E-state index contributed by atoms with van der Waals surface area (Å²) in [6, 6.07) is -1.08. The average molecular weight is 738 g/mol. The van der Waals surface area contributed by atoms with Crippen molar-refractivity contribution < 1.29 is 22.9 Å². The predicted molar refractivity (Wildman–Crippen MR) is 221 cm³/mol. The van der Waals surface area contributed by atoms with Crippen molar-refractivity contribution in [2.45, 2.75) is 231 Å². The molecule has 0 aliphatic carbocycles. The Hall–Kier alpha value is -1.44. The van der Waals surface area contributed by atoms with Crippen LogP contribution in [0.4, 0.5) is 0 Å². The first kappa shape index (κ1) is 49.6. The van der Waals surface area contributed by atoms with Crippen molar-refractivity contribution in [3.8, 4) is 0 Å². The molecular formula is C44H83NO5S. The lowest BCUT2D eigenvalue weighted by Gasteiger charge is -2.21. The van der Waals surface area contributed by atoms with E-state index in [9.17, 15) is 22.9 Å². The molecule has 0 aliphatic rings. The molecule has 0 fully saturated rings. The third kappa shape index (κ3) is 39.6. The molecule has 0 radical (unpaired) electrons. The lowest BCUT2D eigenvalue weighted by molar-refractivity contribution is -0.122. The lowest BCUT2D eigenvalue weighted by Crippen LogP contribution is -2.46. The zero-order chi connectivity index (χ0) is 37.5. The van der Waals surface area contributed by atoms with E-state index in [4.69, 9.17) is 0 Å². The van der Waals surface area contributed by atoms with Gasteiger partial charge in [0.15, 0.2) is 0 Å². The molecule has 0 aromatic carbocycles. The van der Waals surface area contributed by atoms with Crippen LogP contribution in [0.1, 0.15) is 219 Å². The van der Waals surface area contributed by atoms with Crippen molar-refractivity contribution in [3.05, 3.63) is 36.5 Å². The highest BCUT2D eigenvalue weighted by Gasteiger charge is 2.24. The summed E-state index contributed by atoms with van der Waals surface area (Å²) < 4.78 is 32.5. The van der Waals surface area contributed by atoms with Gasteiger partial charge in [-0.25, -0.2) is 0 Å². The highest BCUT2D eigenvalue weighted by atomic mass is 32.2. The summed E-state index contributed by atoms with van der Waals surface area (Å²) in [5, 5.41) is 13.2. The molecule has 1 amide bonds. The summed E-state index contributed by atoms with van der Waals surface area (Å²) in [4.78, 5) is 12.5. The largest absolute Gasteiger partial charge is 0.387 e. The highest BCUT2D eigenvalue weighted by Crippen LogP contribution is 2.15. The van der Waals surface area contributed by atoms with Crippen LogP contribution >= 0.6 is 0 Å². The predicted octanol–water partition coefficient (Wildman–Crippen LogP) is 12.9. The molecule has 0 saturated heterocycles. The summed E-state index contributed by atoms with van der Waals surface area (Å²) in [5.74, 6) is -1.00. The van der Waals surface area contributed by atoms with Gasteiger partial charge in [0.2, 0.25) is 5.91 Å². The molecule has 300 valence electrons. The molecule has 0 bridgehead atoms. The van der Waals surface area contributed by atoms with Gasteiger partial charge in [-0.3, -0.25) is 9.35 Å². The van der Waals surface area contributed by atoms with Gasteiger partial charge in [0.25, 0.3) is 10.1 Å². The number of carbonyl (C=O) groups is 1. The SMILES string of the molecule is CCCCCCCCC/C=C/CC/C=C/CC/C=C/C(O)C(CS(=O)(=O)O)NC(=O)CCCCCCCCCCCCCCCCCCCCC. The lowest BCUT2D eigenvalue weighted by atomic mass is 10.0. The van der Waals surface area contributed by atoms with E-state index in [1.54, 1.807) is 6.08 Å². The number of aliphatic hydroxyl groups is 1. The fourth-order valence-corrected chi connectivity index (χ4v) is 7.28. The summed E-state index contributed by atoms with van der Waals surface area (Å²) in [6.45, 7) is 4.53. The highest BCUT2D eigenvalue weighted by molar-refractivity contribution is 7.85. The number of hydrogen-bond acceptors (Lipinski definition) is 4. The molecule has 2 unspecified atom stereocenters. The van der Waals surface area contributed by atoms with Gasteiger partial charge in [0.05, 0.1) is 17.9 Å². The fraction of sp³-hybridized carbons (Fsp3) is 0.841. The summed E-state index contributed by atoms with van der Waals surface area (Å²) in [6.07, 6.45) is 49.9. The Morgan fingerprint density at radius 2 is 0.843 bits per heavy atom. The second-order valence-corrected chi connectivity index (χ2v) is 16.5. The second-order valence-electron chi connectivity index (χ2n) is 15.0. The number of carbonyl (C=O) groups excluding carboxylic acids is 1. The number of rotatable bonds is 39. The standard InChI is InChI=1S/C44H83NO5S/c1-3-5-7-9-11-13-15-17-19-21-22-24-26-28-30-32-34-36-38-40-44(47)45-42(41-51(48,49)50)43(46)39-37-35-33-31-29-27-25-23-20-18-16-14-12-10-8-6-4-2/h20,23,29,31,37,39,42-43,46H,3-19,21-22,24-28,30,32-36,38,40-41H2,1-2H3,(H,45,47)(H,48,49,50)/b23-20+,31-29+,39-37+. The van der Waals surface area contributed by atoms with Gasteiger partial charge in [0.1, 0.15) is 0 Å². The first-order valence-electron chi connectivity index (χ1n) is 21.7. The van der Waals surface area contributed by atoms with Gasteiger partial charge in [0, 0.05) is 6.42 Å². The van der Waals surface area contributed by atoms with E-state index < -0.39 is 28.0 Å². The molecular weight excluding hydrogens is 655 g/mol. The van der Waals surface area contributed by atoms with Gasteiger partial charge in [-0.15, -0.1) is 0 Å². The van der Waals surface area contributed by atoms with E-state index in [0.717, 1.165) is 38.5 Å². The summed E-state index contributed by atoms with van der Waals surface area (Å²) in [5.41, 5.74) is 0. The Bertz CT molecular complexity index is 945. The Morgan fingerprint density at radius 3 is 1.24 bits per heavy atom. The van der Waals surface area contributed by atoms with Crippen molar-refractivity contribution in [3.63, 3.8) is 0 Å². The molecule has 3 N–H and O–H groups in total. The quantitative estimate of drug-likeness (QED) is 0.0331. The van der Waals surface area contributed by atoms with Crippen molar-refractivity contribution in [2.24, 2.45) is 0 Å². The van der Waals surface area contributed by atoms with Crippen molar-refractivity contribution in [1.82, 2.24) is 5.32 Å². The zero-order valence-corrected chi connectivity index (χ0v) is 34.3. The van der Waals surface area contributed by atoms with Gasteiger partial charge >= 0.3 is 0 Å². The van der Waals surface area contributed by atoms with Gasteiger partial charge in [-0.1, -0.05) is 204 Å².